The van der Waals surface area contributed by atoms with Crippen molar-refractivity contribution in [3.63, 3.8) is 0 Å². The second-order valence-electron chi connectivity index (χ2n) is 8.41. The number of rotatable bonds is 6. The first kappa shape index (κ1) is 21.2. The summed E-state index contributed by atoms with van der Waals surface area (Å²) in [6.07, 6.45) is 6.47. The van der Waals surface area contributed by atoms with Gasteiger partial charge < -0.3 is 20.7 Å². The minimum Gasteiger partial charge on any atom is -0.487 e. The number of aliphatic imine (C=N–C) groups is 1. The summed E-state index contributed by atoms with van der Waals surface area (Å²) in [5, 5.41) is 9.96. The topological polar surface area (TPSA) is 74.8 Å². The standard InChI is InChI=1S/C25H32N4O2/c1-26-24(28-17-9-16-27-23(30)19-10-3-2-4-11-19)29-21-18-25(14-7-8-15-25)31-22-13-6-5-12-20(21)22/h2-6,10-13,21H,7-9,14-18H2,1H3,(H,27,30)(H2,26,28,29). The molecule has 1 heterocycles. The van der Waals surface area contributed by atoms with Crippen molar-refractivity contribution in [3.8, 4) is 5.75 Å². The number of benzene rings is 2. The Morgan fingerprint density at radius 3 is 2.52 bits per heavy atom. The molecule has 1 amide bonds. The van der Waals surface area contributed by atoms with E-state index >= 15 is 0 Å². The van der Waals surface area contributed by atoms with Crippen molar-refractivity contribution >= 4 is 11.9 Å². The highest BCUT2D eigenvalue weighted by atomic mass is 16.5. The van der Waals surface area contributed by atoms with E-state index in [1.54, 1.807) is 7.05 Å². The van der Waals surface area contributed by atoms with Gasteiger partial charge in [0.1, 0.15) is 11.4 Å². The average Bonchev–Trinajstić information content (AvgIpc) is 3.25. The first-order chi connectivity index (χ1) is 15.2. The maximum absolute atomic E-state index is 12.1. The van der Waals surface area contributed by atoms with Crippen LogP contribution in [0.5, 0.6) is 5.75 Å². The Kier molecular flexibility index (Phi) is 6.75. The van der Waals surface area contributed by atoms with Crippen molar-refractivity contribution in [1.82, 2.24) is 16.0 Å². The van der Waals surface area contributed by atoms with Gasteiger partial charge in [0.15, 0.2) is 5.96 Å². The predicted molar refractivity (Wildman–Crippen MR) is 124 cm³/mol. The van der Waals surface area contributed by atoms with Crippen LogP contribution in [0.1, 0.15) is 60.5 Å². The summed E-state index contributed by atoms with van der Waals surface area (Å²) in [4.78, 5) is 16.5. The second kappa shape index (κ2) is 9.86. The van der Waals surface area contributed by atoms with Crippen LogP contribution in [0.3, 0.4) is 0 Å². The molecule has 1 fully saturated rings. The smallest absolute Gasteiger partial charge is 0.251 e. The fraction of sp³-hybridized carbons (Fsp3) is 0.440. The van der Waals surface area contributed by atoms with E-state index in [0.29, 0.717) is 12.1 Å². The van der Waals surface area contributed by atoms with E-state index in [1.165, 1.54) is 18.4 Å². The Labute approximate surface area is 184 Å². The molecule has 1 atom stereocenters. The lowest BCUT2D eigenvalue weighted by atomic mass is 9.86. The largest absolute Gasteiger partial charge is 0.487 e. The van der Waals surface area contributed by atoms with Crippen molar-refractivity contribution in [1.29, 1.82) is 0 Å². The predicted octanol–water partition coefficient (Wildman–Crippen LogP) is 3.81. The number of carbonyl (C=O) groups is 1. The summed E-state index contributed by atoms with van der Waals surface area (Å²) in [6.45, 7) is 1.34. The molecule has 0 saturated heterocycles. The Hall–Kier alpha value is -3.02. The Bertz CT molecular complexity index is 907. The van der Waals surface area contributed by atoms with Crippen molar-refractivity contribution in [2.75, 3.05) is 20.1 Å². The Morgan fingerprint density at radius 2 is 1.74 bits per heavy atom. The second-order valence-corrected chi connectivity index (χ2v) is 8.41. The third-order valence-electron chi connectivity index (χ3n) is 6.21. The van der Waals surface area contributed by atoms with Crippen LogP contribution in [0.25, 0.3) is 0 Å². The van der Waals surface area contributed by atoms with E-state index in [-0.39, 0.29) is 17.6 Å². The minimum atomic E-state index is -0.0490. The van der Waals surface area contributed by atoms with Crippen LogP contribution in [0.4, 0.5) is 0 Å². The Morgan fingerprint density at radius 1 is 1.03 bits per heavy atom. The summed E-state index contributed by atoms with van der Waals surface area (Å²) in [7, 11) is 1.79. The fourth-order valence-electron chi connectivity index (χ4n) is 4.62. The highest BCUT2D eigenvalue weighted by molar-refractivity contribution is 5.94. The summed E-state index contributed by atoms with van der Waals surface area (Å²) in [5.74, 6) is 1.74. The molecule has 2 aromatic carbocycles. The van der Waals surface area contributed by atoms with E-state index in [9.17, 15) is 4.79 Å². The number of carbonyl (C=O) groups excluding carboxylic acids is 1. The molecule has 164 valence electrons. The van der Waals surface area contributed by atoms with E-state index < -0.39 is 0 Å². The van der Waals surface area contributed by atoms with Crippen molar-refractivity contribution in [3.05, 3.63) is 65.7 Å². The summed E-state index contributed by atoms with van der Waals surface area (Å²) in [5.41, 5.74) is 1.83. The first-order valence-electron chi connectivity index (χ1n) is 11.3. The normalized spacial score (nSPS) is 19.4. The van der Waals surface area contributed by atoms with Crippen molar-refractivity contribution in [2.24, 2.45) is 4.99 Å². The maximum Gasteiger partial charge on any atom is 0.251 e. The number of amides is 1. The maximum atomic E-state index is 12.1. The van der Waals surface area contributed by atoms with Crippen molar-refractivity contribution < 1.29 is 9.53 Å². The molecule has 6 heteroatoms. The van der Waals surface area contributed by atoms with E-state index in [2.05, 4.69) is 39.1 Å². The van der Waals surface area contributed by atoms with Crippen LogP contribution in [-0.4, -0.2) is 37.6 Å². The summed E-state index contributed by atoms with van der Waals surface area (Å²) >= 11 is 0. The number of guanidine groups is 1. The molecule has 31 heavy (non-hydrogen) atoms. The third-order valence-corrected chi connectivity index (χ3v) is 6.21. The van der Waals surface area contributed by atoms with Crippen LogP contribution >= 0.6 is 0 Å². The van der Waals surface area contributed by atoms with Gasteiger partial charge in [0.05, 0.1) is 6.04 Å². The van der Waals surface area contributed by atoms with Gasteiger partial charge in [-0.15, -0.1) is 0 Å². The van der Waals surface area contributed by atoms with Gasteiger partial charge in [0.25, 0.3) is 5.91 Å². The molecule has 6 nitrogen and oxygen atoms in total. The van der Waals surface area contributed by atoms with Crippen LogP contribution < -0.4 is 20.7 Å². The number of hydrogen-bond donors (Lipinski definition) is 3. The molecule has 3 N–H and O–H groups in total. The molecule has 1 spiro atoms. The number of para-hydroxylation sites is 1. The van der Waals surface area contributed by atoms with Gasteiger partial charge in [0.2, 0.25) is 0 Å². The van der Waals surface area contributed by atoms with Gasteiger partial charge in [0, 0.05) is 37.7 Å². The Balaban J connectivity index is 1.28. The molecule has 0 bridgehead atoms. The van der Waals surface area contributed by atoms with Gasteiger partial charge >= 0.3 is 0 Å². The van der Waals surface area contributed by atoms with Gasteiger partial charge in [-0.25, -0.2) is 0 Å². The quantitative estimate of drug-likeness (QED) is 0.377. The molecular formula is C25H32N4O2. The SMILES string of the molecule is CN=C(NCCCNC(=O)c1ccccc1)NC1CC2(CCCC2)Oc2ccccc21. The van der Waals surface area contributed by atoms with Gasteiger partial charge in [-0.3, -0.25) is 9.79 Å². The molecule has 0 aromatic heterocycles. The molecule has 1 aliphatic carbocycles. The zero-order valence-electron chi connectivity index (χ0n) is 18.2. The number of fused-ring (bicyclic) bond motifs is 1. The number of nitrogens with one attached hydrogen (secondary N) is 3. The number of hydrogen-bond acceptors (Lipinski definition) is 3. The fourth-order valence-corrected chi connectivity index (χ4v) is 4.62. The molecule has 1 unspecified atom stereocenters. The molecule has 4 rings (SSSR count). The van der Waals surface area contributed by atoms with Crippen LogP contribution in [-0.2, 0) is 0 Å². The van der Waals surface area contributed by atoms with Gasteiger partial charge in [-0.1, -0.05) is 36.4 Å². The first-order valence-corrected chi connectivity index (χ1v) is 11.3. The minimum absolute atomic E-state index is 0.0382. The molecule has 1 saturated carbocycles. The lowest BCUT2D eigenvalue weighted by Gasteiger charge is -2.40. The van der Waals surface area contributed by atoms with Gasteiger partial charge in [-0.05, 0) is 50.3 Å². The number of nitrogens with zero attached hydrogens (tertiary/aromatic N) is 1. The molecule has 1 aliphatic heterocycles. The molecule has 2 aliphatic rings. The van der Waals surface area contributed by atoms with Crippen LogP contribution in [0.15, 0.2) is 59.6 Å². The van der Waals surface area contributed by atoms with E-state index in [1.807, 2.05) is 36.4 Å². The van der Waals surface area contributed by atoms with Crippen LogP contribution in [0, 0.1) is 0 Å². The van der Waals surface area contributed by atoms with E-state index in [4.69, 9.17) is 4.74 Å². The third kappa shape index (κ3) is 5.19. The average molecular weight is 421 g/mol. The van der Waals surface area contributed by atoms with Gasteiger partial charge in [-0.2, -0.15) is 0 Å². The zero-order valence-corrected chi connectivity index (χ0v) is 18.2. The van der Waals surface area contributed by atoms with Crippen LogP contribution in [0.2, 0.25) is 0 Å². The lowest BCUT2D eigenvalue weighted by molar-refractivity contribution is 0.0396. The van der Waals surface area contributed by atoms with Crippen molar-refractivity contribution in [2.45, 2.75) is 50.2 Å². The summed E-state index contributed by atoms with van der Waals surface area (Å²) in [6, 6.07) is 17.8. The highest BCUT2D eigenvalue weighted by Crippen LogP contribution is 2.46. The number of ether oxygens (including phenoxy) is 1. The van der Waals surface area contributed by atoms with E-state index in [0.717, 1.165) is 43.9 Å². The molecule has 0 radical (unpaired) electrons. The molecular weight excluding hydrogens is 388 g/mol. The monoisotopic (exact) mass is 420 g/mol. The zero-order chi connectivity index (χ0) is 21.5. The highest BCUT2D eigenvalue weighted by Gasteiger charge is 2.43. The summed E-state index contributed by atoms with van der Waals surface area (Å²) < 4.78 is 6.46. The lowest BCUT2D eigenvalue weighted by Crippen LogP contribution is -2.47. The molecule has 2 aromatic rings.